The SMILES string of the molecule is Nc1cc(F)c(Cl)cc1NCCCOCCO. The van der Waals surface area contributed by atoms with Crippen LogP contribution in [-0.2, 0) is 4.74 Å². The minimum atomic E-state index is -0.527. The van der Waals surface area contributed by atoms with E-state index in [1.807, 2.05) is 0 Å². The highest BCUT2D eigenvalue weighted by molar-refractivity contribution is 6.31. The van der Waals surface area contributed by atoms with E-state index in [9.17, 15) is 4.39 Å². The van der Waals surface area contributed by atoms with Gasteiger partial charge in [0.15, 0.2) is 0 Å². The molecule has 17 heavy (non-hydrogen) atoms. The fourth-order valence-electron chi connectivity index (χ4n) is 1.28. The van der Waals surface area contributed by atoms with E-state index in [-0.39, 0.29) is 11.6 Å². The van der Waals surface area contributed by atoms with E-state index in [2.05, 4.69) is 5.32 Å². The van der Waals surface area contributed by atoms with Crippen molar-refractivity contribution in [1.82, 2.24) is 0 Å². The van der Waals surface area contributed by atoms with Crippen LogP contribution in [0.1, 0.15) is 6.42 Å². The number of hydrogen-bond acceptors (Lipinski definition) is 4. The first-order chi connectivity index (χ1) is 8.15. The number of rotatable bonds is 7. The van der Waals surface area contributed by atoms with Gasteiger partial charge in [-0.25, -0.2) is 4.39 Å². The second kappa shape index (κ2) is 7.32. The largest absolute Gasteiger partial charge is 0.397 e. The minimum Gasteiger partial charge on any atom is -0.397 e. The number of aliphatic hydroxyl groups is 1. The molecule has 4 nitrogen and oxygen atoms in total. The van der Waals surface area contributed by atoms with Crippen LogP contribution in [0.15, 0.2) is 12.1 Å². The number of nitrogen functional groups attached to an aromatic ring is 1. The lowest BCUT2D eigenvalue weighted by atomic mass is 10.2. The molecule has 0 fully saturated rings. The van der Waals surface area contributed by atoms with Gasteiger partial charge in [-0.15, -0.1) is 0 Å². The normalized spacial score (nSPS) is 10.5. The number of ether oxygens (including phenoxy) is 1. The van der Waals surface area contributed by atoms with Gasteiger partial charge in [-0.05, 0) is 12.5 Å². The van der Waals surface area contributed by atoms with E-state index < -0.39 is 5.82 Å². The lowest BCUT2D eigenvalue weighted by Gasteiger charge is -2.10. The van der Waals surface area contributed by atoms with Crippen molar-refractivity contribution in [2.24, 2.45) is 0 Å². The van der Waals surface area contributed by atoms with Crippen molar-refractivity contribution in [1.29, 1.82) is 0 Å². The summed E-state index contributed by atoms with van der Waals surface area (Å²) in [5.41, 5.74) is 6.56. The van der Waals surface area contributed by atoms with Gasteiger partial charge in [-0.2, -0.15) is 0 Å². The maximum absolute atomic E-state index is 13.0. The number of aliphatic hydroxyl groups excluding tert-OH is 1. The summed E-state index contributed by atoms with van der Waals surface area (Å²) in [5.74, 6) is -0.527. The van der Waals surface area contributed by atoms with Crippen molar-refractivity contribution in [2.45, 2.75) is 6.42 Å². The Hall–Kier alpha value is -1.04. The van der Waals surface area contributed by atoms with Crippen molar-refractivity contribution in [2.75, 3.05) is 37.4 Å². The van der Waals surface area contributed by atoms with Gasteiger partial charge in [0, 0.05) is 19.2 Å². The van der Waals surface area contributed by atoms with Crippen LogP contribution >= 0.6 is 11.6 Å². The van der Waals surface area contributed by atoms with Gasteiger partial charge in [0.1, 0.15) is 5.82 Å². The molecule has 0 amide bonds. The molecule has 0 spiro atoms. The Labute approximate surface area is 105 Å². The maximum atomic E-state index is 13.0. The summed E-state index contributed by atoms with van der Waals surface area (Å²) in [6, 6.07) is 2.65. The molecule has 0 heterocycles. The molecule has 0 bridgehead atoms. The van der Waals surface area contributed by atoms with Gasteiger partial charge in [0.05, 0.1) is 29.6 Å². The van der Waals surface area contributed by atoms with Gasteiger partial charge in [-0.3, -0.25) is 0 Å². The summed E-state index contributed by atoms with van der Waals surface area (Å²) in [6.07, 6.45) is 0.758. The molecule has 1 aromatic carbocycles. The highest BCUT2D eigenvalue weighted by Gasteiger charge is 2.05. The molecule has 0 saturated carbocycles. The summed E-state index contributed by atoms with van der Waals surface area (Å²) < 4.78 is 18.1. The molecule has 6 heteroatoms. The average Bonchev–Trinajstić information content (AvgIpc) is 2.30. The fraction of sp³-hybridized carbons (Fsp3) is 0.455. The average molecular weight is 263 g/mol. The van der Waals surface area contributed by atoms with E-state index in [1.165, 1.54) is 12.1 Å². The summed E-state index contributed by atoms with van der Waals surface area (Å²) in [6.45, 7) is 1.54. The Balaban J connectivity index is 2.34. The standard InChI is InChI=1S/C11H16ClFN2O2/c12-8-6-11(10(14)7-9(8)13)15-2-1-4-17-5-3-16/h6-7,15-16H,1-5,14H2. The van der Waals surface area contributed by atoms with E-state index in [0.29, 0.717) is 31.1 Å². The van der Waals surface area contributed by atoms with E-state index >= 15 is 0 Å². The fourth-order valence-corrected chi connectivity index (χ4v) is 1.44. The Bertz CT molecular complexity index is 364. The Morgan fingerprint density at radius 1 is 1.41 bits per heavy atom. The van der Waals surface area contributed by atoms with E-state index in [1.54, 1.807) is 0 Å². The summed E-state index contributed by atoms with van der Waals surface area (Å²) >= 11 is 5.64. The van der Waals surface area contributed by atoms with Crippen LogP contribution in [0.25, 0.3) is 0 Å². The third kappa shape index (κ3) is 4.77. The van der Waals surface area contributed by atoms with Crippen LogP contribution in [0.2, 0.25) is 5.02 Å². The third-order valence-corrected chi connectivity index (χ3v) is 2.40. The summed E-state index contributed by atoms with van der Waals surface area (Å²) in [4.78, 5) is 0. The number of nitrogens with one attached hydrogen (secondary N) is 1. The molecule has 96 valence electrons. The van der Waals surface area contributed by atoms with Gasteiger partial charge in [0.2, 0.25) is 0 Å². The maximum Gasteiger partial charge on any atom is 0.143 e. The smallest absolute Gasteiger partial charge is 0.143 e. The first kappa shape index (κ1) is 14.0. The predicted octanol–water partition coefficient (Wildman–Crippen LogP) is 1.87. The number of nitrogens with two attached hydrogens (primary N) is 1. The molecule has 0 saturated heterocycles. The summed E-state index contributed by atoms with van der Waals surface area (Å²) in [5, 5.41) is 11.6. The zero-order valence-corrected chi connectivity index (χ0v) is 10.1. The molecule has 0 aliphatic carbocycles. The van der Waals surface area contributed by atoms with Crippen LogP contribution in [0.5, 0.6) is 0 Å². The molecule has 0 aliphatic rings. The minimum absolute atomic E-state index is 0.0218. The van der Waals surface area contributed by atoms with Gasteiger partial charge < -0.3 is 20.9 Å². The van der Waals surface area contributed by atoms with Crippen molar-refractivity contribution in [3.05, 3.63) is 23.0 Å². The molecular weight excluding hydrogens is 247 g/mol. The number of benzene rings is 1. The predicted molar refractivity (Wildman–Crippen MR) is 66.8 cm³/mol. The van der Waals surface area contributed by atoms with Crippen LogP contribution < -0.4 is 11.1 Å². The molecule has 4 N–H and O–H groups in total. The first-order valence-electron chi connectivity index (χ1n) is 5.32. The third-order valence-electron chi connectivity index (χ3n) is 2.11. The van der Waals surface area contributed by atoms with Crippen LogP contribution in [0.4, 0.5) is 15.8 Å². The molecule has 0 aromatic heterocycles. The molecular formula is C11H16ClFN2O2. The Morgan fingerprint density at radius 3 is 2.88 bits per heavy atom. The quantitative estimate of drug-likeness (QED) is 0.518. The van der Waals surface area contributed by atoms with Crippen molar-refractivity contribution < 1.29 is 14.2 Å². The highest BCUT2D eigenvalue weighted by Crippen LogP contribution is 2.25. The number of hydrogen-bond donors (Lipinski definition) is 3. The molecule has 0 aliphatic heterocycles. The zero-order valence-electron chi connectivity index (χ0n) is 9.38. The number of halogens is 2. The molecule has 0 unspecified atom stereocenters. The van der Waals surface area contributed by atoms with Crippen LogP contribution in [0, 0.1) is 5.82 Å². The van der Waals surface area contributed by atoms with E-state index in [0.717, 1.165) is 6.42 Å². The highest BCUT2D eigenvalue weighted by atomic mass is 35.5. The van der Waals surface area contributed by atoms with Gasteiger partial charge >= 0.3 is 0 Å². The topological polar surface area (TPSA) is 67.5 Å². The first-order valence-corrected chi connectivity index (χ1v) is 5.70. The van der Waals surface area contributed by atoms with Gasteiger partial charge in [-0.1, -0.05) is 11.6 Å². The second-order valence-electron chi connectivity index (χ2n) is 3.47. The lowest BCUT2D eigenvalue weighted by Crippen LogP contribution is -2.09. The lowest BCUT2D eigenvalue weighted by molar-refractivity contribution is 0.0922. The molecule has 0 atom stereocenters. The Kier molecular flexibility index (Phi) is 6.04. The van der Waals surface area contributed by atoms with Crippen molar-refractivity contribution in [3.8, 4) is 0 Å². The monoisotopic (exact) mass is 262 g/mol. The zero-order chi connectivity index (χ0) is 12.7. The van der Waals surface area contributed by atoms with E-state index in [4.69, 9.17) is 27.2 Å². The van der Waals surface area contributed by atoms with Crippen LogP contribution in [-0.4, -0.2) is 31.5 Å². The number of anilines is 2. The molecule has 0 radical (unpaired) electrons. The van der Waals surface area contributed by atoms with Gasteiger partial charge in [0.25, 0.3) is 0 Å². The summed E-state index contributed by atoms with van der Waals surface area (Å²) in [7, 11) is 0. The second-order valence-corrected chi connectivity index (χ2v) is 3.88. The van der Waals surface area contributed by atoms with Crippen LogP contribution in [0.3, 0.4) is 0 Å². The Morgan fingerprint density at radius 2 is 2.18 bits per heavy atom. The van der Waals surface area contributed by atoms with Crippen molar-refractivity contribution in [3.63, 3.8) is 0 Å². The molecule has 1 rings (SSSR count). The molecule has 1 aromatic rings. The van der Waals surface area contributed by atoms with Crippen molar-refractivity contribution >= 4 is 23.0 Å².